The first-order valence-corrected chi connectivity index (χ1v) is 23.2. The lowest BCUT2D eigenvalue weighted by molar-refractivity contribution is -0.195. The highest BCUT2D eigenvalue weighted by Crippen LogP contribution is 2.43. The minimum Gasteiger partial charge on any atom is -0.493 e. The Labute approximate surface area is 409 Å². The SMILES string of the molecule is C=CCOC(=O)N1c2cc(OCCCC(=O)Nc3ccc(-c4cc(C(=O)Nc5cc(C(=O)Nc6cn(C)c(C(=O)OC)n6)n(C)c5)n(C)c4)cc3)c(OC)cc2C(=O)N2CCC[C@H]2C1OC1CCCCO1. The number of fused-ring (bicyclic) bond motifs is 2. The zero-order valence-corrected chi connectivity index (χ0v) is 40.2. The van der Waals surface area contributed by atoms with Crippen molar-refractivity contribution >= 4 is 58.6 Å². The van der Waals surface area contributed by atoms with Gasteiger partial charge in [0.05, 0.1) is 43.8 Å². The quantitative estimate of drug-likeness (QED) is 0.0516. The van der Waals surface area contributed by atoms with Gasteiger partial charge in [-0.2, -0.15) is 0 Å². The summed E-state index contributed by atoms with van der Waals surface area (Å²) in [5, 5.41) is 8.42. The summed E-state index contributed by atoms with van der Waals surface area (Å²) in [6, 6.07) is 13.2. The molecular weight excluding hydrogens is 919 g/mol. The number of anilines is 4. The standard InChI is InChI=1S/C50H57N9O12/c1-7-20-70-50(65)59-36-26-40(39(66-5)25-34(36)47(63)58-19-10-12-35(58)48(59)71-43-14-8-9-21-69-43)68-22-11-13-42(60)51-32-17-15-30(16-18-32)31-23-37(55(2)27-31)45(61)52-33-24-38(56(3)28-33)46(62)54-41-29-57(4)44(53-41)49(64)67-6/h7,15-18,23-29,35,43,48H,1,8-14,19-22H2,2-6H3,(H,51,60)(H,52,61)(H,54,62)/t35-,43?,48?/m0/s1. The normalized spacial score (nSPS) is 17.4. The molecule has 6 heterocycles. The number of methoxy groups -OCH3 is 2. The third kappa shape index (κ3) is 10.9. The van der Waals surface area contributed by atoms with Gasteiger partial charge in [-0.25, -0.2) is 19.5 Å². The fourth-order valence-electron chi connectivity index (χ4n) is 8.90. The van der Waals surface area contributed by atoms with Crippen LogP contribution in [0.15, 0.2) is 79.8 Å². The van der Waals surface area contributed by atoms with Crippen LogP contribution in [0.1, 0.15) is 86.9 Å². The van der Waals surface area contributed by atoms with Crippen LogP contribution < -0.4 is 30.3 Å². The average molecular weight is 976 g/mol. The van der Waals surface area contributed by atoms with E-state index in [4.69, 9.17) is 28.4 Å². The van der Waals surface area contributed by atoms with Crippen molar-refractivity contribution in [3.63, 3.8) is 0 Å². The van der Waals surface area contributed by atoms with Crippen LogP contribution in [0.4, 0.5) is 27.7 Å². The van der Waals surface area contributed by atoms with Gasteiger partial charge in [-0.1, -0.05) is 24.8 Å². The lowest BCUT2D eigenvalue weighted by Crippen LogP contribution is -2.54. The van der Waals surface area contributed by atoms with Gasteiger partial charge in [0.2, 0.25) is 11.7 Å². The Balaban J connectivity index is 0.871. The molecule has 3 aliphatic heterocycles. The van der Waals surface area contributed by atoms with Gasteiger partial charge in [0.15, 0.2) is 29.8 Å². The number of esters is 1. The van der Waals surface area contributed by atoms with Crippen LogP contribution in [0.3, 0.4) is 0 Å². The highest BCUT2D eigenvalue weighted by atomic mass is 16.7. The van der Waals surface area contributed by atoms with Crippen molar-refractivity contribution in [1.82, 2.24) is 23.6 Å². The van der Waals surface area contributed by atoms with Crippen molar-refractivity contribution in [2.75, 3.05) is 61.4 Å². The third-order valence-electron chi connectivity index (χ3n) is 12.4. The van der Waals surface area contributed by atoms with Crippen molar-refractivity contribution in [3.8, 4) is 22.6 Å². The molecule has 3 aromatic heterocycles. The van der Waals surface area contributed by atoms with Gasteiger partial charge in [0, 0.05) is 76.6 Å². The first kappa shape index (κ1) is 49.5. The van der Waals surface area contributed by atoms with Gasteiger partial charge in [0.1, 0.15) is 18.0 Å². The van der Waals surface area contributed by atoms with Crippen molar-refractivity contribution < 1.29 is 57.2 Å². The second kappa shape index (κ2) is 21.8. The van der Waals surface area contributed by atoms with E-state index in [1.54, 1.807) is 71.7 Å². The van der Waals surface area contributed by atoms with E-state index < -0.39 is 42.4 Å². The Hall–Kier alpha value is -7.91. The molecule has 3 N–H and O–H groups in total. The molecule has 0 bridgehead atoms. The van der Waals surface area contributed by atoms with E-state index in [2.05, 4.69) is 27.5 Å². The van der Waals surface area contributed by atoms with Gasteiger partial charge in [0.25, 0.3) is 17.7 Å². The van der Waals surface area contributed by atoms with Crippen molar-refractivity contribution in [1.29, 1.82) is 0 Å². The Morgan fingerprint density at radius 1 is 0.831 bits per heavy atom. The first-order chi connectivity index (χ1) is 34.3. The Morgan fingerprint density at radius 3 is 2.32 bits per heavy atom. The molecular formula is C50H57N9O12. The molecule has 2 aromatic carbocycles. The number of hydrogen-bond donors (Lipinski definition) is 3. The summed E-state index contributed by atoms with van der Waals surface area (Å²) < 4.78 is 39.3. The molecule has 0 radical (unpaired) electrons. The largest absolute Gasteiger partial charge is 0.493 e. The van der Waals surface area contributed by atoms with Crippen LogP contribution in [0.2, 0.25) is 0 Å². The van der Waals surface area contributed by atoms with Crippen LogP contribution in [0.5, 0.6) is 11.5 Å². The monoisotopic (exact) mass is 975 g/mol. The molecule has 5 aromatic rings. The molecule has 2 unspecified atom stereocenters. The van der Waals surface area contributed by atoms with Crippen molar-refractivity contribution in [2.24, 2.45) is 21.1 Å². The number of nitrogens with one attached hydrogen (secondary N) is 3. The molecule has 374 valence electrons. The summed E-state index contributed by atoms with van der Waals surface area (Å²) in [6.45, 7) is 4.76. The van der Waals surface area contributed by atoms with Gasteiger partial charge < -0.3 is 63.0 Å². The Bertz CT molecular complexity index is 2820. The van der Waals surface area contributed by atoms with Gasteiger partial charge >= 0.3 is 12.1 Å². The number of rotatable bonds is 17. The van der Waals surface area contributed by atoms with Crippen LogP contribution in [0, 0.1) is 0 Å². The highest BCUT2D eigenvalue weighted by molar-refractivity contribution is 6.08. The molecule has 0 aliphatic carbocycles. The molecule has 3 atom stereocenters. The fourth-order valence-corrected chi connectivity index (χ4v) is 8.90. The predicted octanol–water partition coefficient (Wildman–Crippen LogP) is 6.48. The van der Waals surface area contributed by atoms with Gasteiger partial charge in [-0.05, 0) is 74.4 Å². The molecule has 21 heteroatoms. The van der Waals surface area contributed by atoms with Crippen LogP contribution in [0.25, 0.3) is 11.1 Å². The van der Waals surface area contributed by atoms with E-state index >= 15 is 0 Å². The number of carbonyl (C=O) groups excluding carboxylic acids is 6. The number of benzene rings is 2. The summed E-state index contributed by atoms with van der Waals surface area (Å²) in [4.78, 5) is 86.9. The lowest BCUT2D eigenvalue weighted by Gasteiger charge is -2.38. The lowest BCUT2D eigenvalue weighted by atomic mass is 10.1. The summed E-state index contributed by atoms with van der Waals surface area (Å²) in [7, 11) is 7.72. The maximum Gasteiger partial charge on any atom is 0.416 e. The summed E-state index contributed by atoms with van der Waals surface area (Å²) >= 11 is 0. The van der Waals surface area contributed by atoms with E-state index in [0.717, 1.165) is 30.4 Å². The molecule has 2 fully saturated rings. The number of ether oxygens (including phenoxy) is 6. The van der Waals surface area contributed by atoms with Gasteiger partial charge in [-0.15, -0.1) is 0 Å². The van der Waals surface area contributed by atoms with E-state index in [0.29, 0.717) is 49.5 Å². The van der Waals surface area contributed by atoms with Crippen LogP contribution in [-0.4, -0.2) is 118 Å². The Kier molecular flexibility index (Phi) is 15.2. The maximum atomic E-state index is 14.1. The molecule has 0 saturated carbocycles. The third-order valence-corrected chi connectivity index (χ3v) is 12.4. The van der Waals surface area contributed by atoms with E-state index in [9.17, 15) is 28.8 Å². The summed E-state index contributed by atoms with van der Waals surface area (Å²) in [6.07, 6.45) is 8.47. The second-order valence-electron chi connectivity index (χ2n) is 17.3. The number of amides is 5. The maximum absolute atomic E-state index is 14.1. The number of nitrogens with zero attached hydrogens (tertiary/aromatic N) is 6. The number of hydrogen-bond acceptors (Lipinski definition) is 13. The molecule has 2 saturated heterocycles. The van der Waals surface area contributed by atoms with E-state index in [1.165, 1.54) is 42.0 Å². The minimum atomic E-state index is -0.898. The Morgan fingerprint density at radius 2 is 1.59 bits per heavy atom. The molecule has 5 amide bonds. The second-order valence-corrected chi connectivity index (χ2v) is 17.3. The zero-order chi connectivity index (χ0) is 50.3. The zero-order valence-electron chi connectivity index (χ0n) is 40.2. The molecule has 3 aliphatic rings. The van der Waals surface area contributed by atoms with E-state index in [1.807, 2.05) is 18.3 Å². The molecule has 8 rings (SSSR count). The number of carbonyl (C=O) groups is 6. The summed E-state index contributed by atoms with van der Waals surface area (Å²) in [5.74, 6) is -1.32. The van der Waals surface area contributed by atoms with Gasteiger partial charge in [-0.3, -0.25) is 19.2 Å². The minimum absolute atomic E-state index is 0.0247. The van der Waals surface area contributed by atoms with Crippen LogP contribution in [-0.2, 0) is 44.9 Å². The first-order valence-electron chi connectivity index (χ1n) is 23.2. The smallest absolute Gasteiger partial charge is 0.416 e. The highest BCUT2D eigenvalue weighted by Gasteiger charge is 2.48. The van der Waals surface area contributed by atoms with Crippen molar-refractivity contribution in [2.45, 2.75) is 63.5 Å². The number of aryl methyl sites for hydroxylation is 3. The predicted molar refractivity (Wildman–Crippen MR) is 260 cm³/mol. The van der Waals surface area contributed by atoms with Crippen LogP contribution >= 0.6 is 0 Å². The molecule has 21 nitrogen and oxygen atoms in total. The number of imidazole rings is 1. The fraction of sp³-hybridized carbons (Fsp3) is 0.380. The van der Waals surface area contributed by atoms with Crippen molar-refractivity contribution in [3.05, 3.63) is 103 Å². The number of aromatic nitrogens is 4. The molecule has 71 heavy (non-hydrogen) atoms. The van der Waals surface area contributed by atoms with E-state index in [-0.39, 0.29) is 71.5 Å². The molecule has 0 spiro atoms. The topological polar surface area (TPSA) is 228 Å². The summed E-state index contributed by atoms with van der Waals surface area (Å²) in [5.41, 5.74) is 3.61. The average Bonchev–Trinajstić information content (AvgIpc) is 4.17.